The van der Waals surface area contributed by atoms with Gasteiger partial charge in [-0.1, -0.05) is 6.07 Å². The fourth-order valence-electron chi connectivity index (χ4n) is 3.10. The lowest BCUT2D eigenvalue weighted by Crippen LogP contribution is -2.49. The summed E-state index contributed by atoms with van der Waals surface area (Å²) in [5.74, 6) is 0.823. The predicted octanol–water partition coefficient (Wildman–Crippen LogP) is 2.12. The normalized spacial score (nSPS) is 15.5. The molecule has 1 fully saturated rings. The first-order valence-corrected chi connectivity index (χ1v) is 10.7. The Kier molecular flexibility index (Phi) is 5.71. The lowest BCUT2D eigenvalue weighted by molar-refractivity contribution is 0.0746. The summed E-state index contributed by atoms with van der Waals surface area (Å²) < 4.78 is 27.4. The summed E-state index contributed by atoms with van der Waals surface area (Å²) in [6.45, 7) is 7.98. The first-order chi connectivity index (χ1) is 13.2. The Hall–Kier alpha value is -2.45. The number of piperazine rings is 1. The molecule has 1 saturated heterocycles. The first kappa shape index (κ1) is 20.3. The van der Waals surface area contributed by atoms with Crippen molar-refractivity contribution >= 4 is 21.7 Å². The van der Waals surface area contributed by atoms with Gasteiger partial charge >= 0.3 is 0 Å². The zero-order chi connectivity index (χ0) is 20.4. The van der Waals surface area contributed by atoms with Gasteiger partial charge in [0.25, 0.3) is 5.91 Å². The van der Waals surface area contributed by atoms with Crippen molar-refractivity contribution < 1.29 is 13.2 Å². The van der Waals surface area contributed by atoms with E-state index in [1.54, 1.807) is 44.0 Å². The fourth-order valence-corrected chi connectivity index (χ4v) is 4.52. The highest BCUT2D eigenvalue weighted by atomic mass is 32.2. The average molecular weight is 403 g/mol. The summed E-state index contributed by atoms with van der Waals surface area (Å²) in [4.78, 5) is 21.2. The number of amides is 1. The highest BCUT2D eigenvalue weighted by Crippen LogP contribution is 2.17. The van der Waals surface area contributed by atoms with Gasteiger partial charge in [0.2, 0.25) is 10.0 Å². The number of anilines is 1. The molecule has 0 aliphatic carbocycles. The number of carbonyl (C=O) groups is 1. The van der Waals surface area contributed by atoms with Crippen LogP contribution in [0.3, 0.4) is 0 Å². The van der Waals surface area contributed by atoms with Gasteiger partial charge in [-0.3, -0.25) is 4.79 Å². The van der Waals surface area contributed by atoms with Crippen LogP contribution in [0.5, 0.6) is 0 Å². The van der Waals surface area contributed by atoms with Gasteiger partial charge in [-0.2, -0.15) is 0 Å². The summed E-state index contributed by atoms with van der Waals surface area (Å²) in [5.41, 5.74) is -0.0818. The Morgan fingerprint density at radius 2 is 1.64 bits per heavy atom. The van der Waals surface area contributed by atoms with E-state index in [0.29, 0.717) is 31.7 Å². The van der Waals surface area contributed by atoms with Crippen LogP contribution in [0.1, 0.15) is 31.1 Å². The number of aromatic nitrogens is 1. The van der Waals surface area contributed by atoms with Gasteiger partial charge < -0.3 is 9.80 Å². The third-order valence-corrected chi connectivity index (χ3v) is 6.17. The van der Waals surface area contributed by atoms with E-state index in [-0.39, 0.29) is 10.8 Å². The number of hydrogen-bond donors (Lipinski definition) is 1. The lowest BCUT2D eigenvalue weighted by Gasteiger charge is -2.35. The first-order valence-electron chi connectivity index (χ1n) is 9.25. The van der Waals surface area contributed by atoms with Crippen LogP contribution in [0.2, 0.25) is 0 Å². The Morgan fingerprint density at radius 1 is 1.00 bits per heavy atom. The third-order valence-electron chi connectivity index (χ3n) is 4.39. The molecule has 2 heterocycles. The fraction of sp³-hybridized carbons (Fsp3) is 0.400. The quantitative estimate of drug-likeness (QED) is 0.847. The van der Waals surface area contributed by atoms with Gasteiger partial charge in [-0.25, -0.2) is 18.1 Å². The molecule has 1 aromatic carbocycles. The molecule has 0 unspecified atom stereocenters. The minimum absolute atomic E-state index is 0.0894. The molecule has 0 spiro atoms. The standard InChI is InChI=1S/C20H26N4O3S/c1-20(2,3)22-28(26,27)17-9-7-16(8-10-17)19(25)24-14-12-23(13-15-24)18-6-4-5-11-21-18/h4-11,22H,12-15H2,1-3H3. The van der Waals surface area contributed by atoms with E-state index in [1.807, 2.05) is 18.2 Å². The number of rotatable bonds is 4. The second kappa shape index (κ2) is 7.89. The van der Waals surface area contributed by atoms with E-state index in [9.17, 15) is 13.2 Å². The van der Waals surface area contributed by atoms with Crippen molar-refractivity contribution in [2.75, 3.05) is 31.1 Å². The van der Waals surface area contributed by atoms with Gasteiger partial charge in [0.05, 0.1) is 4.90 Å². The predicted molar refractivity (Wildman–Crippen MR) is 109 cm³/mol. The lowest BCUT2D eigenvalue weighted by atomic mass is 10.1. The van der Waals surface area contributed by atoms with Crippen molar-refractivity contribution in [2.24, 2.45) is 0 Å². The molecule has 0 bridgehead atoms. The van der Waals surface area contributed by atoms with Gasteiger partial charge in [0.15, 0.2) is 0 Å². The molecular formula is C20H26N4O3S. The molecule has 1 N–H and O–H groups in total. The molecule has 8 heteroatoms. The largest absolute Gasteiger partial charge is 0.353 e. The highest BCUT2D eigenvalue weighted by Gasteiger charge is 2.25. The van der Waals surface area contributed by atoms with Crippen LogP contribution in [-0.2, 0) is 10.0 Å². The second-order valence-electron chi connectivity index (χ2n) is 7.85. The minimum atomic E-state index is -3.61. The highest BCUT2D eigenvalue weighted by molar-refractivity contribution is 7.89. The van der Waals surface area contributed by atoms with E-state index in [2.05, 4.69) is 14.6 Å². The molecule has 0 saturated carbocycles. The van der Waals surface area contributed by atoms with E-state index in [0.717, 1.165) is 5.82 Å². The smallest absolute Gasteiger partial charge is 0.253 e. The molecule has 150 valence electrons. The number of hydrogen-bond acceptors (Lipinski definition) is 5. The summed E-state index contributed by atoms with van der Waals surface area (Å²) in [5, 5.41) is 0. The van der Waals surface area contributed by atoms with Crippen molar-refractivity contribution in [1.82, 2.24) is 14.6 Å². The molecule has 1 amide bonds. The van der Waals surface area contributed by atoms with E-state index >= 15 is 0 Å². The monoisotopic (exact) mass is 402 g/mol. The van der Waals surface area contributed by atoms with E-state index in [1.165, 1.54) is 12.1 Å². The van der Waals surface area contributed by atoms with Crippen LogP contribution in [-0.4, -0.2) is 55.9 Å². The molecule has 1 aliphatic rings. The van der Waals surface area contributed by atoms with E-state index < -0.39 is 15.6 Å². The summed E-state index contributed by atoms with van der Waals surface area (Å²) in [7, 11) is -3.61. The Bertz CT molecular complexity index is 914. The number of carbonyl (C=O) groups excluding carboxylic acids is 1. The van der Waals surface area contributed by atoms with Gasteiger partial charge in [0.1, 0.15) is 5.82 Å². The number of benzene rings is 1. The van der Waals surface area contributed by atoms with Crippen molar-refractivity contribution in [3.05, 3.63) is 54.2 Å². The van der Waals surface area contributed by atoms with Crippen molar-refractivity contribution in [3.63, 3.8) is 0 Å². The molecule has 28 heavy (non-hydrogen) atoms. The molecule has 7 nitrogen and oxygen atoms in total. The van der Waals surface area contributed by atoms with Crippen molar-refractivity contribution in [1.29, 1.82) is 0 Å². The number of sulfonamides is 1. The summed E-state index contributed by atoms with van der Waals surface area (Å²) in [6, 6.07) is 11.9. The number of nitrogens with one attached hydrogen (secondary N) is 1. The molecular weight excluding hydrogens is 376 g/mol. The zero-order valence-electron chi connectivity index (χ0n) is 16.4. The Labute approximate surface area is 166 Å². The summed E-state index contributed by atoms with van der Waals surface area (Å²) in [6.07, 6.45) is 1.76. The molecule has 0 radical (unpaired) electrons. The van der Waals surface area contributed by atoms with Crippen molar-refractivity contribution in [3.8, 4) is 0 Å². The summed E-state index contributed by atoms with van der Waals surface area (Å²) >= 11 is 0. The molecule has 2 aromatic rings. The zero-order valence-corrected chi connectivity index (χ0v) is 17.2. The van der Waals surface area contributed by atoms with Crippen molar-refractivity contribution in [2.45, 2.75) is 31.2 Å². The van der Waals surface area contributed by atoms with Crippen LogP contribution in [0.4, 0.5) is 5.82 Å². The second-order valence-corrected chi connectivity index (χ2v) is 9.53. The molecule has 1 aromatic heterocycles. The maximum absolute atomic E-state index is 12.8. The van der Waals surface area contributed by atoms with Gasteiger partial charge in [-0.05, 0) is 57.2 Å². The Balaban J connectivity index is 1.64. The molecule has 1 aliphatic heterocycles. The van der Waals surface area contributed by atoms with Crippen LogP contribution in [0, 0.1) is 0 Å². The Morgan fingerprint density at radius 3 is 2.18 bits per heavy atom. The maximum atomic E-state index is 12.8. The van der Waals surface area contributed by atoms with Crippen LogP contribution >= 0.6 is 0 Å². The SMILES string of the molecule is CC(C)(C)NS(=O)(=O)c1ccc(C(=O)N2CCN(c3ccccn3)CC2)cc1. The average Bonchev–Trinajstić information content (AvgIpc) is 2.66. The number of pyridine rings is 1. The van der Waals surface area contributed by atoms with Crippen LogP contribution < -0.4 is 9.62 Å². The third kappa shape index (κ3) is 4.88. The van der Waals surface area contributed by atoms with E-state index in [4.69, 9.17) is 0 Å². The van der Waals surface area contributed by atoms with Crippen LogP contribution in [0.25, 0.3) is 0 Å². The molecule has 0 atom stereocenters. The van der Waals surface area contributed by atoms with Crippen LogP contribution in [0.15, 0.2) is 53.6 Å². The minimum Gasteiger partial charge on any atom is -0.353 e. The topological polar surface area (TPSA) is 82.6 Å². The van der Waals surface area contributed by atoms with Gasteiger partial charge in [0, 0.05) is 43.5 Å². The maximum Gasteiger partial charge on any atom is 0.253 e. The van der Waals surface area contributed by atoms with Gasteiger partial charge in [-0.15, -0.1) is 0 Å². The molecule has 3 rings (SSSR count). The number of nitrogens with zero attached hydrogens (tertiary/aromatic N) is 3.